The van der Waals surface area contributed by atoms with E-state index in [0.717, 1.165) is 50.7 Å². The molecule has 112 valence electrons. The second kappa shape index (κ2) is 7.54. The van der Waals surface area contributed by atoms with Crippen LogP contribution in [0.5, 0.6) is 0 Å². The molecule has 1 saturated heterocycles. The van der Waals surface area contributed by atoms with E-state index in [0.29, 0.717) is 10.9 Å². The first-order valence-corrected chi connectivity index (χ1v) is 7.93. The van der Waals surface area contributed by atoms with Crippen molar-refractivity contribution in [3.63, 3.8) is 0 Å². The van der Waals surface area contributed by atoms with Gasteiger partial charge < -0.3 is 15.0 Å². The second-order valence-electron chi connectivity index (χ2n) is 5.08. The average Bonchev–Trinajstić information content (AvgIpc) is 2.94. The highest BCUT2D eigenvalue weighted by molar-refractivity contribution is 7.17. The van der Waals surface area contributed by atoms with Crippen molar-refractivity contribution in [2.75, 3.05) is 38.7 Å². The Hall–Kier alpha value is -1.21. The van der Waals surface area contributed by atoms with E-state index in [9.17, 15) is 4.79 Å². The standard InChI is InChI=1S/C13H22N4O2S/c1-3-6-14-13-16-15-11(20-13)12(18)17(2)9-10-4-7-19-8-5-10/h10H,3-9H2,1-2H3,(H,14,16). The smallest absolute Gasteiger partial charge is 0.284 e. The van der Waals surface area contributed by atoms with Crippen LogP contribution in [0, 0.1) is 5.92 Å². The number of carbonyl (C=O) groups excluding carboxylic acids is 1. The Bertz CT molecular complexity index is 432. The first kappa shape index (κ1) is 15.2. The van der Waals surface area contributed by atoms with Crippen LogP contribution in [0.25, 0.3) is 0 Å². The van der Waals surface area contributed by atoms with E-state index in [1.165, 1.54) is 11.3 Å². The summed E-state index contributed by atoms with van der Waals surface area (Å²) in [7, 11) is 1.83. The van der Waals surface area contributed by atoms with E-state index < -0.39 is 0 Å². The minimum absolute atomic E-state index is 0.0430. The maximum Gasteiger partial charge on any atom is 0.284 e. The van der Waals surface area contributed by atoms with Crippen LogP contribution in [0.3, 0.4) is 0 Å². The summed E-state index contributed by atoms with van der Waals surface area (Å²) < 4.78 is 5.34. The molecule has 1 aliphatic heterocycles. The number of carbonyl (C=O) groups is 1. The molecule has 1 fully saturated rings. The molecule has 1 aliphatic rings. The summed E-state index contributed by atoms with van der Waals surface area (Å²) in [6.45, 7) is 5.30. The molecule has 0 saturated carbocycles. The van der Waals surface area contributed by atoms with E-state index in [1.807, 2.05) is 7.05 Å². The minimum atomic E-state index is -0.0430. The lowest BCUT2D eigenvalue weighted by Gasteiger charge is -2.26. The maximum atomic E-state index is 12.3. The number of rotatable bonds is 6. The number of nitrogens with one attached hydrogen (secondary N) is 1. The number of hydrogen-bond donors (Lipinski definition) is 1. The lowest BCUT2D eigenvalue weighted by molar-refractivity contribution is 0.0497. The fourth-order valence-corrected chi connectivity index (χ4v) is 2.94. The molecule has 1 aromatic heterocycles. The summed E-state index contributed by atoms with van der Waals surface area (Å²) >= 11 is 1.32. The van der Waals surface area contributed by atoms with E-state index >= 15 is 0 Å². The van der Waals surface area contributed by atoms with Gasteiger partial charge >= 0.3 is 0 Å². The van der Waals surface area contributed by atoms with E-state index in [1.54, 1.807) is 4.90 Å². The van der Waals surface area contributed by atoms with Crippen LogP contribution in [0.2, 0.25) is 0 Å². The normalized spacial score (nSPS) is 16.1. The third-order valence-electron chi connectivity index (χ3n) is 3.35. The van der Waals surface area contributed by atoms with Crippen LogP contribution in [-0.4, -0.2) is 54.4 Å². The number of amides is 1. The third-order valence-corrected chi connectivity index (χ3v) is 4.22. The Balaban J connectivity index is 1.87. The molecular weight excluding hydrogens is 276 g/mol. The van der Waals surface area contributed by atoms with Gasteiger partial charge in [-0.1, -0.05) is 18.3 Å². The van der Waals surface area contributed by atoms with Crippen LogP contribution in [0.4, 0.5) is 5.13 Å². The van der Waals surface area contributed by atoms with E-state index in [2.05, 4.69) is 22.4 Å². The second-order valence-corrected chi connectivity index (χ2v) is 6.06. The summed E-state index contributed by atoms with van der Waals surface area (Å²) in [5, 5.41) is 12.3. The number of ether oxygens (including phenoxy) is 1. The molecule has 0 unspecified atom stereocenters. The highest BCUT2D eigenvalue weighted by atomic mass is 32.1. The molecule has 2 heterocycles. The predicted molar refractivity (Wildman–Crippen MR) is 79.2 cm³/mol. The molecular formula is C13H22N4O2S. The minimum Gasteiger partial charge on any atom is -0.381 e. The molecule has 2 rings (SSSR count). The zero-order valence-electron chi connectivity index (χ0n) is 12.1. The van der Waals surface area contributed by atoms with Crippen LogP contribution < -0.4 is 5.32 Å². The van der Waals surface area contributed by atoms with Gasteiger partial charge in [0.1, 0.15) is 0 Å². The van der Waals surface area contributed by atoms with Gasteiger partial charge in [0, 0.05) is 33.4 Å². The molecule has 0 radical (unpaired) electrons. The third kappa shape index (κ3) is 4.14. The van der Waals surface area contributed by atoms with Gasteiger partial charge in [-0.3, -0.25) is 4.79 Å². The molecule has 1 amide bonds. The molecule has 1 aromatic rings. The number of anilines is 1. The molecule has 0 aliphatic carbocycles. The monoisotopic (exact) mass is 298 g/mol. The Morgan fingerprint density at radius 2 is 2.20 bits per heavy atom. The Morgan fingerprint density at radius 1 is 1.45 bits per heavy atom. The van der Waals surface area contributed by atoms with Crippen molar-refractivity contribution < 1.29 is 9.53 Å². The van der Waals surface area contributed by atoms with Crippen molar-refractivity contribution in [3.8, 4) is 0 Å². The highest BCUT2D eigenvalue weighted by Gasteiger charge is 2.22. The highest BCUT2D eigenvalue weighted by Crippen LogP contribution is 2.19. The molecule has 20 heavy (non-hydrogen) atoms. The van der Waals surface area contributed by atoms with Gasteiger partial charge in [-0.05, 0) is 25.2 Å². The number of hydrogen-bond acceptors (Lipinski definition) is 6. The van der Waals surface area contributed by atoms with Crippen molar-refractivity contribution >= 4 is 22.4 Å². The van der Waals surface area contributed by atoms with Gasteiger partial charge in [-0.15, -0.1) is 10.2 Å². The molecule has 0 bridgehead atoms. The Kier molecular flexibility index (Phi) is 5.72. The average molecular weight is 298 g/mol. The quantitative estimate of drug-likeness (QED) is 0.868. The van der Waals surface area contributed by atoms with Crippen LogP contribution in [0.15, 0.2) is 0 Å². The van der Waals surface area contributed by atoms with Gasteiger partial charge in [0.05, 0.1) is 0 Å². The van der Waals surface area contributed by atoms with Gasteiger partial charge in [0.2, 0.25) is 10.1 Å². The lowest BCUT2D eigenvalue weighted by Crippen LogP contribution is -2.34. The van der Waals surface area contributed by atoms with Crippen molar-refractivity contribution in [2.24, 2.45) is 5.92 Å². The molecule has 7 heteroatoms. The molecule has 0 spiro atoms. The lowest BCUT2D eigenvalue weighted by atomic mass is 10.00. The first-order chi connectivity index (χ1) is 9.70. The topological polar surface area (TPSA) is 67.4 Å². The summed E-state index contributed by atoms with van der Waals surface area (Å²) in [6, 6.07) is 0. The summed E-state index contributed by atoms with van der Waals surface area (Å²) in [5.41, 5.74) is 0. The number of aromatic nitrogens is 2. The van der Waals surface area contributed by atoms with Crippen LogP contribution >= 0.6 is 11.3 Å². The summed E-state index contributed by atoms with van der Waals surface area (Å²) in [5.74, 6) is 0.488. The Morgan fingerprint density at radius 3 is 2.90 bits per heavy atom. The van der Waals surface area contributed by atoms with Gasteiger partial charge in [-0.25, -0.2) is 0 Å². The van der Waals surface area contributed by atoms with Crippen molar-refractivity contribution in [2.45, 2.75) is 26.2 Å². The first-order valence-electron chi connectivity index (χ1n) is 7.11. The van der Waals surface area contributed by atoms with Gasteiger partial charge in [0.25, 0.3) is 5.91 Å². The largest absolute Gasteiger partial charge is 0.381 e. The molecule has 0 atom stereocenters. The van der Waals surface area contributed by atoms with Crippen LogP contribution in [-0.2, 0) is 4.74 Å². The fraction of sp³-hybridized carbons (Fsp3) is 0.769. The maximum absolute atomic E-state index is 12.3. The SMILES string of the molecule is CCCNc1nnc(C(=O)N(C)CC2CCOCC2)s1. The Labute approximate surface area is 123 Å². The fourth-order valence-electron chi connectivity index (χ4n) is 2.18. The van der Waals surface area contributed by atoms with Crippen LogP contribution in [0.1, 0.15) is 36.0 Å². The number of nitrogens with zero attached hydrogens (tertiary/aromatic N) is 3. The van der Waals surface area contributed by atoms with Crippen molar-refractivity contribution in [1.29, 1.82) is 0 Å². The summed E-state index contributed by atoms with van der Waals surface area (Å²) in [6.07, 6.45) is 3.07. The molecule has 6 nitrogen and oxygen atoms in total. The van der Waals surface area contributed by atoms with Crippen molar-refractivity contribution in [1.82, 2.24) is 15.1 Å². The predicted octanol–water partition coefficient (Wildman–Crippen LogP) is 1.86. The molecule has 0 aromatic carbocycles. The van der Waals surface area contributed by atoms with Gasteiger partial charge in [-0.2, -0.15) is 0 Å². The van der Waals surface area contributed by atoms with Crippen molar-refractivity contribution in [3.05, 3.63) is 5.01 Å². The molecule has 1 N–H and O–H groups in total. The zero-order chi connectivity index (χ0) is 14.4. The zero-order valence-corrected chi connectivity index (χ0v) is 12.9. The van der Waals surface area contributed by atoms with E-state index in [-0.39, 0.29) is 5.91 Å². The summed E-state index contributed by atoms with van der Waals surface area (Å²) in [4.78, 5) is 14.0. The van der Waals surface area contributed by atoms with E-state index in [4.69, 9.17) is 4.74 Å². The van der Waals surface area contributed by atoms with Gasteiger partial charge in [0.15, 0.2) is 0 Å².